The van der Waals surface area contributed by atoms with Crippen molar-refractivity contribution in [1.29, 1.82) is 0 Å². The van der Waals surface area contributed by atoms with Crippen LogP contribution in [0.1, 0.15) is 33.1 Å². The van der Waals surface area contributed by atoms with Gasteiger partial charge in [-0.15, -0.1) is 6.42 Å². The molecule has 0 aromatic carbocycles. The number of nitrogens with zero attached hydrogens (tertiary/aromatic N) is 2. The Morgan fingerprint density at radius 1 is 1.47 bits per heavy atom. The number of carbonyl (C=O) groups is 2. The number of rotatable bonds is 4. The second kappa shape index (κ2) is 7.03. The molecule has 2 atom stereocenters. The van der Waals surface area contributed by atoms with Crippen molar-refractivity contribution in [3.8, 4) is 12.3 Å². The second-order valence-corrected chi connectivity index (χ2v) is 4.85. The van der Waals surface area contributed by atoms with Crippen molar-refractivity contribution < 1.29 is 14.7 Å². The lowest BCUT2D eigenvalue weighted by Gasteiger charge is -2.39. The molecular weight excluding hydrogens is 244 g/mol. The summed E-state index contributed by atoms with van der Waals surface area (Å²) in [5, 5.41) is 9.30. The maximum absolute atomic E-state index is 12.3. The SMILES string of the molecule is C#CCN(CC)C(=O)N1CCC(CC)CC1C(=O)O. The van der Waals surface area contributed by atoms with Crippen LogP contribution in [-0.4, -0.2) is 52.6 Å². The first-order chi connectivity index (χ1) is 9.04. The van der Waals surface area contributed by atoms with E-state index in [2.05, 4.69) is 12.8 Å². The van der Waals surface area contributed by atoms with Crippen molar-refractivity contribution in [2.75, 3.05) is 19.6 Å². The Hall–Kier alpha value is -1.70. The van der Waals surface area contributed by atoms with Crippen LogP contribution in [0.25, 0.3) is 0 Å². The molecule has 106 valence electrons. The fourth-order valence-corrected chi connectivity index (χ4v) is 2.48. The summed E-state index contributed by atoms with van der Waals surface area (Å²) in [7, 11) is 0. The van der Waals surface area contributed by atoms with Gasteiger partial charge in [0.15, 0.2) is 0 Å². The second-order valence-electron chi connectivity index (χ2n) is 4.85. The van der Waals surface area contributed by atoms with E-state index in [1.807, 2.05) is 6.92 Å². The van der Waals surface area contributed by atoms with E-state index in [-0.39, 0.29) is 12.6 Å². The normalized spacial score (nSPS) is 22.7. The van der Waals surface area contributed by atoms with Crippen molar-refractivity contribution in [2.24, 2.45) is 5.92 Å². The van der Waals surface area contributed by atoms with E-state index < -0.39 is 12.0 Å². The average Bonchev–Trinajstić information content (AvgIpc) is 2.43. The Bertz CT molecular complexity index is 375. The van der Waals surface area contributed by atoms with Gasteiger partial charge in [-0.3, -0.25) is 0 Å². The first kappa shape index (κ1) is 15.4. The van der Waals surface area contributed by atoms with Gasteiger partial charge in [-0.25, -0.2) is 9.59 Å². The van der Waals surface area contributed by atoms with Crippen LogP contribution < -0.4 is 0 Å². The molecule has 1 saturated heterocycles. The summed E-state index contributed by atoms with van der Waals surface area (Å²) in [6.07, 6.45) is 7.58. The van der Waals surface area contributed by atoms with Crippen LogP contribution in [0.5, 0.6) is 0 Å². The van der Waals surface area contributed by atoms with Gasteiger partial charge in [0.05, 0.1) is 6.54 Å². The largest absolute Gasteiger partial charge is 0.480 e. The molecule has 2 amide bonds. The molecular formula is C14H22N2O3. The number of piperidine rings is 1. The molecule has 2 unspecified atom stereocenters. The van der Waals surface area contributed by atoms with Gasteiger partial charge in [0.1, 0.15) is 6.04 Å². The lowest BCUT2D eigenvalue weighted by Crippen LogP contribution is -2.54. The van der Waals surface area contributed by atoms with Gasteiger partial charge < -0.3 is 14.9 Å². The summed E-state index contributed by atoms with van der Waals surface area (Å²) in [6.45, 7) is 5.09. The van der Waals surface area contributed by atoms with E-state index in [0.717, 1.165) is 12.8 Å². The smallest absolute Gasteiger partial charge is 0.326 e. The third kappa shape index (κ3) is 3.63. The number of hydrogen-bond donors (Lipinski definition) is 1. The topological polar surface area (TPSA) is 60.9 Å². The van der Waals surface area contributed by atoms with Crippen molar-refractivity contribution in [1.82, 2.24) is 9.80 Å². The molecule has 0 radical (unpaired) electrons. The molecule has 0 spiro atoms. The molecule has 5 heteroatoms. The predicted molar refractivity (Wildman–Crippen MR) is 72.6 cm³/mol. The number of carboxylic acids is 1. The summed E-state index contributed by atoms with van der Waals surface area (Å²) in [5.74, 6) is 1.89. The summed E-state index contributed by atoms with van der Waals surface area (Å²) in [4.78, 5) is 26.6. The molecule has 5 nitrogen and oxygen atoms in total. The van der Waals surface area contributed by atoms with E-state index in [0.29, 0.717) is 25.4 Å². The van der Waals surface area contributed by atoms with Crippen molar-refractivity contribution >= 4 is 12.0 Å². The minimum atomic E-state index is -0.928. The van der Waals surface area contributed by atoms with Crippen LogP contribution in [0.15, 0.2) is 0 Å². The van der Waals surface area contributed by atoms with Crippen molar-refractivity contribution in [2.45, 2.75) is 39.2 Å². The molecule has 0 bridgehead atoms. The van der Waals surface area contributed by atoms with E-state index in [4.69, 9.17) is 6.42 Å². The van der Waals surface area contributed by atoms with Gasteiger partial charge in [-0.05, 0) is 25.7 Å². The average molecular weight is 266 g/mol. The van der Waals surface area contributed by atoms with Gasteiger partial charge in [0.2, 0.25) is 0 Å². The molecule has 1 heterocycles. The van der Waals surface area contributed by atoms with E-state index in [1.54, 1.807) is 0 Å². The number of amides is 2. The zero-order valence-electron chi connectivity index (χ0n) is 11.6. The highest BCUT2D eigenvalue weighted by molar-refractivity contribution is 5.83. The summed E-state index contributed by atoms with van der Waals surface area (Å²) < 4.78 is 0. The zero-order chi connectivity index (χ0) is 14.4. The van der Waals surface area contributed by atoms with Crippen molar-refractivity contribution in [3.05, 3.63) is 0 Å². The summed E-state index contributed by atoms with van der Waals surface area (Å²) >= 11 is 0. The number of hydrogen-bond acceptors (Lipinski definition) is 2. The molecule has 0 saturated carbocycles. The molecule has 1 aliphatic rings. The van der Waals surface area contributed by atoms with E-state index >= 15 is 0 Å². The lowest BCUT2D eigenvalue weighted by molar-refractivity contribution is -0.144. The van der Waals surface area contributed by atoms with Gasteiger partial charge in [0, 0.05) is 13.1 Å². The summed E-state index contributed by atoms with van der Waals surface area (Å²) in [6, 6.07) is -0.986. The minimum Gasteiger partial charge on any atom is -0.480 e. The molecule has 1 rings (SSSR count). The number of likely N-dealkylation sites (tertiary alicyclic amines) is 1. The fraction of sp³-hybridized carbons (Fsp3) is 0.714. The first-order valence-electron chi connectivity index (χ1n) is 6.76. The van der Waals surface area contributed by atoms with Gasteiger partial charge >= 0.3 is 12.0 Å². The van der Waals surface area contributed by atoms with Crippen molar-refractivity contribution in [3.63, 3.8) is 0 Å². The van der Waals surface area contributed by atoms with E-state index in [9.17, 15) is 14.7 Å². The number of urea groups is 1. The van der Waals surface area contributed by atoms with E-state index in [1.165, 1.54) is 9.80 Å². The lowest BCUT2D eigenvalue weighted by atomic mass is 9.89. The Kier molecular flexibility index (Phi) is 5.68. The Morgan fingerprint density at radius 3 is 2.63 bits per heavy atom. The molecule has 0 aliphatic carbocycles. The summed E-state index contributed by atoms with van der Waals surface area (Å²) in [5.41, 5.74) is 0. The molecule has 1 aliphatic heterocycles. The van der Waals surface area contributed by atoms with Gasteiger partial charge in [-0.2, -0.15) is 0 Å². The number of terminal acetylenes is 1. The number of carboxylic acid groups (broad SMARTS) is 1. The zero-order valence-corrected chi connectivity index (χ0v) is 11.6. The van der Waals surface area contributed by atoms with Gasteiger partial charge in [0.25, 0.3) is 0 Å². The fourth-order valence-electron chi connectivity index (χ4n) is 2.48. The highest BCUT2D eigenvalue weighted by Gasteiger charge is 2.36. The number of carbonyl (C=O) groups excluding carboxylic acids is 1. The Morgan fingerprint density at radius 2 is 2.16 bits per heavy atom. The standard InChI is InChI=1S/C14H22N2O3/c1-4-8-15(6-3)14(19)16-9-7-11(5-2)10-12(16)13(17)18/h1,11-12H,5-10H2,2-3H3,(H,17,18). The van der Waals surface area contributed by atoms with Gasteiger partial charge in [-0.1, -0.05) is 19.3 Å². The quantitative estimate of drug-likeness (QED) is 0.787. The van der Waals surface area contributed by atoms with Crippen LogP contribution in [0.3, 0.4) is 0 Å². The van der Waals surface area contributed by atoms with Crippen LogP contribution in [0, 0.1) is 18.3 Å². The maximum atomic E-state index is 12.3. The highest BCUT2D eigenvalue weighted by Crippen LogP contribution is 2.26. The first-order valence-corrected chi connectivity index (χ1v) is 6.76. The maximum Gasteiger partial charge on any atom is 0.326 e. The Balaban J connectivity index is 2.82. The van der Waals surface area contributed by atoms with Crippen LogP contribution >= 0.6 is 0 Å². The third-order valence-corrected chi connectivity index (χ3v) is 3.75. The van der Waals surface area contributed by atoms with Crippen LogP contribution in [0.4, 0.5) is 4.79 Å². The minimum absolute atomic E-state index is 0.218. The molecule has 0 aromatic rings. The molecule has 0 aromatic heterocycles. The molecule has 19 heavy (non-hydrogen) atoms. The predicted octanol–water partition coefficient (Wildman–Crippen LogP) is 1.64. The molecule has 1 fully saturated rings. The monoisotopic (exact) mass is 266 g/mol. The third-order valence-electron chi connectivity index (χ3n) is 3.75. The number of aliphatic carboxylic acids is 1. The van der Waals surface area contributed by atoms with Crippen LogP contribution in [0.2, 0.25) is 0 Å². The molecule has 1 N–H and O–H groups in total. The van der Waals surface area contributed by atoms with Crippen LogP contribution in [-0.2, 0) is 4.79 Å². The Labute approximate surface area is 114 Å². The highest BCUT2D eigenvalue weighted by atomic mass is 16.4.